The van der Waals surface area contributed by atoms with E-state index >= 15 is 0 Å². The van der Waals surface area contributed by atoms with Crippen LogP contribution < -0.4 is 5.32 Å². The largest absolute Gasteiger partial charge is 0.479 e. The first-order chi connectivity index (χ1) is 8.54. The van der Waals surface area contributed by atoms with Gasteiger partial charge in [-0.1, -0.05) is 0 Å². The van der Waals surface area contributed by atoms with Crippen molar-refractivity contribution in [2.45, 2.75) is 26.0 Å². The van der Waals surface area contributed by atoms with Crippen LogP contribution in [0.4, 0.5) is 4.79 Å². The molecule has 104 valence electrons. The average Bonchev–Trinajstić information content (AvgIpc) is 2.36. The van der Waals surface area contributed by atoms with Crippen molar-refractivity contribution in [1.82, 2.24) is 10.2 Å². The maximum atomic E-state index is 11.9. The van der Waals surface area contributed by atoms with E-state index in [1.54, 1.807) is 0 Å². The normalized spacial score (nSPS) is 21.4. The number of hydrogen-bond donors (Lipinski definition) is 2. The minimum atomic E-state index is -1.05. The number of carboxylic acid groups (broad SMARTS) is 1. The maximum absolute atomic E-state index is 11.9. The summed E-state index contributed by atoms with van der Waals surface area (Å²) in [6.45, 7) is 5.47. The van der Waals surface area contributed by atoms with Crippen LogP contribution in [0.15, 0.2) is 0 Å². The van der Waals surface area contributed by atoms with Crippen molar-refractivity contribution in [3.8, 4) is 0 Å². The molecule has 0 aromatic rings. The number of hydrogen-bond acceptors (Lipinski definition) is 4. The first kappa shape index (κ1) is 14.7. The van der Waals surface area contributed by atoms with E-state index < -0.39 is 12.1 Å². The van der Waals surface area contributed by atoms with Gasteiger partial charge in [0.15, 0.2) is 6.10 Å². The molecule has 0 bridgehead atoms. The molecule has 0 aromatic heterocycles. The molecule has 0 aliphatic carbocycles. The number of carbonyl (C=O) groups excluding carboxylic acids is 1. The van der Waals surface area contributed by atoms with Crippen molar-refractivity contribution in [3.05, 3.63) is 0 Å². The summed E-state index contributed by atoms with van der Waals surface area (Å²) in [6.07, 6.45) is -0.938. The summed E-state index contributed by atoms with van der Waals surface area (Å²) in [6, 6.07) is -0.389. The van der Waals surface area contributed by atoms with Crippen molar-refractivity contribution < 1.29 is 24.2 Å². The maximum Gasteiger partial charge on any atom is 0.334 e. The highest BCUT2D eigenvalue weighted by Crippen LogP contribution is 2.05. The summed E-state index contributed by atoms with van der Waals surface area (Å²) in [5, 5.41) is 11.6. The number of morpholine rings is 1. The van der Waals surface area contributed by atoms with Gasteiger partial charge in [0.25, 0.3) is 0 Å². The molecule has 1 aliphatic rings. The first-order valence-corrected chi connectivity index (χ1v) is 6.02. The molecule has 2 amide bonds. The Morgan fingerprint density at radius 1 is 1.61 bits per heavy atom. The molecule has 7 nitrogen and oxygen atoms in total. The molecular weight excluding hydrogens is 240 g/mol. The number of nitrogens with one attached hydrogen (secondary N) is 1. The molecule has 1 fully saturated rings. The molecule has 0 radical (unpaired) electrons. The Morgan fingerprint density at radius 2 is 2.33 bits per heavy atom. The minimum absolute atomic E-state index is 0.0719. The molecule has 1 aliphatic heterocycles. The standard InChI is InChI=1S/C11H20N2O5/c1-3-17-7-8(2)12-11(16)13-4-5-18-9(6-13)10(14)15/h8-9H,3-7H2,1-2H3,(H,12,16)(H,14,15). The molecule has 0 saturated carbocycles. The highest BCUT2D eigenvalue weighted by molar-refractivity contribution is 5.77. The second-order valence-electron chi connectivity index (χ2n) is 4.15. The second-order valence-corrected chi connectivity index (χ2v) is 4.15. The number of carbonyl (C=O) groups is 2. The minimum Gasteiger partial charge on any atom is -0.479 e. The Labute approximate surface area is 106 Å². The van der Waals surface area contributed by atoms with Crippen molar-refractivity contribution >= 4 is 12.0 Å². The summed E-state index contributed by atoms with van der Waals surface area (Å²) >= 11 is 0. The quantitative estimate of drug-likeness (QED) is 0.721. The van der Waals surface area contributed by atoms with Gasteiger partial charge in [-0.25, -0.2) is 9.59 Å². The van der Waals surface area contributed by atoms with Crippen molar-refractivity contribution in [1.29, 1.82) is 0 Å². The molecule has 0 aromatic carbocycles. The molecule has 2 unspecified atom stereocenters. The van der Waals surface area contributed by atoms with Crippen LogP contribution in [0.25, 0.3) is 0 Å². The number of rotatable bonds is 5. The third kappa shape index (κ3) is 4.50. The van der Waals surface area contributed by atoms with Crippen LogP contribution in [-0.4, -0.2) is 67.1 Å². The average molecular weight is 260 g/mol. The molecule has 1 heterocycles. The number of aliphatic carboxylic acids is 1. The van der Waals surface area contributed by atoms with Gasteiger partial charge in [-0.2, -0.15) is 0 Å². The van der Waals surface area contributed by atoms with Crippen LogP contribution in [0, 0.1) is 0 Å². The highest BCUT2D eigenvalue weighted by atomic mass is 16.5. The van der Waals surface area contributed by atoms with E-state index in [9.17, 15) is 9.59 Å². The topological polar surface area (TPSA) is 88.1 Å². The summed E-state index contributed by atoms with van der Waals surface area (Å²) in [4.78, 5) is 24.1. The highest BCUT2D eigenvalue weighted by Gasteiger charge is 2.29. The molecule has 1 saturated heterocycles. The fourth-order valence-corrected chi connectivity index (χ4v) is 1.62. The van der Waals surface area contributed by atoms with Crippen LogP contribution in [0.3, 0.4) is 0 Å². The second kappa shape index (κ2) is 7.17. The van der Waals surface area contributed by atoms with Gasteiger partial charge in [-0.05, 0) is 13.8 Å². The third-order valence-corrected chi connectivity index (χ3v) is 2.57. The van der Waals surface area contributed by atoms with Gasteiger partial charge in [0.1, 0.15) is 0 Å². The summed E-state index contributed by atoms with van der Waals surface area (Å²) in [5.41, 5.74) is 0. The van der Waals surface area contributed by atoms with Gasteiger partial charge in [-0.15, -0.1) is 0 Å². The Kier molecular flexibility index (Phi) is 5.87. The van der Waals surface area contributed by atoms with Gasteiger partial charge < -0.3 is 24.8 Å². The first-order valence-electron chi connectivity index (χ1n) is 6.02. The number of ether oxygens (including phenoxy) is 2. The third-order valence-electron chi connectivity index (χ3n) is 2.57. The molecule has 18 heavy (non-hydrogen) atoms. The zero-order valence-corrected chi connectivity index (χ0v) is 10.7. The number of carboxylic acids is 1. The monoisotopic (exact) mass is 260 g/mol. The van der Waals surface area contributed by atoms with E-state index in [0.717, 1.165) is 0 Å². The number of amides is 2. The SMILES string of the molecule is CCOCC(C)NC(=O)N1CCOC(C(=O)O)C1. The Hall–Kier alpha value is -1.34. The zero-order valence-electron chi connectivity index (χ0n) is 10.7. The zero-order chi connectivity index (χ0) is 13.5. The molecule has 1 rings (SSSR count). The van der Waals surface area contributed by atoms with Crippen LogP contribution >= 0.6 is 0 Å². The van der Waals surface area contributed by atoms with E-state index in [1.165, 1.54) is 4.90 Å². The van der Waals surface area contributed by atoms with Crippen molar-refractivity contribution in [2.24, 2.45) is 0 Å². The molecular formula is C11H20N2O5. The Balaban J connectivity index is 2.38. The molecule has 2 N–H and O–H groups in total. The van der Waals surface area contributed by atoms with Gasteiger partial charge >= 0.3 is 12.0 Å². The van der Waals surface area contributed by atoms with Crippen LogP contribution in [0.1, 0.15) is 13.8 Å². The molecule has 2 atom stereocenters. The van der Waals surface area contributed by atoms with Crippen LogP contribution in [0.2, 0.25) is 0 Å². The van der Waals surface area contributed by atoms with Crippen LogP contribution in [0.5, 0.6) is 0 Å². The lowest BCUT2D eigenvalue weighted by atomic mass is 10.3. The van der Waals surface area contributed by atoms with Gasteiger partial charge in [0, 0.05) is 13.2 Å². The summed E-state index contributed by atoms with van der Waals surface area (Å²) in [5.74, 6) is -1.05. The predicted molar refractivity (Wildman–Crippen MR) is 63.4 cm³/mol. The smallest absolute Gasteiger partial charge is 0.334 e. The van der Waals surface area contributed by atoms with E-state index in [1.807, 2.05) is 13.8 Å². The molecule has 0 spiro atoms. The van der Waals surface area contributed by atoms with Crippen LogP contribution in [-0.2, 0) is 14.3 Å². The molecule has 7 heteroatoms. The fraction of sp³-hybridized carbons (Fsp3) is 0.818. The fourth-order valence-electron chi connectivity index (χ4n) is 1.62. The lowest BCUT2D eigenvalue weighted by Crippen LogP contribution is -2.53. The van der Waals surface area contributed by atoms with E-state index in [2.05, 4.69) is 5.32 Å². The van der Waals surface area contributed by atoms with Gasteiger partial charge in [-0.3, -0.25) is 0 Å². The Bertz CT molecular complexity index is 297. The Morgan fingerprint density at radius 3 is 2.94 bits per heavy atom. The number of nitrogens with zero attached hydrogens (tertiary/aromatic N) is 1. The van der Waals surface area contributed by atoms with E-state index in [0.29, 0.717) is 19.8 Å². The summed E-state index contributed by atoms with van der Waals surface area (Å²) < 4.78 is 10.2. The van der Waals surface area contributed by atoms with Gasteiger partial charge in [0.2, 0.25) is 0 Å². The summed E-state index contributed by atoms with van der Waals surface area (Å²) in [7, 11) is 0. The van der Waals surface area contributed by atoms with Gasteiger partial charge in [0.05, 0.1) is 25.8 Å². The lowest BCUT2D eigenvalue weighted by Gasteiger charge is -2.31. The van der Waals surface area contributed by atoms with Crippen molar-refractivity contribution in [2.75, 3.05) is 32.9 Å². The van der Waals surface area contributed by atoms with Crippen molar-refractivity contribution in [3.63, 3.8) is 0 Å². The predicted octanol–water partition coefficient (Wildman–Crippen LogP) is -0.0936. The number of urea groups is 1. The lowest BCUT2D eigenvalue weighted by molar-refractivity contribution is -0.154. The van der Waals surface area contributed by atoms with E-state index in [-0.39, 0.29) is 25.2 Å². The van der Waals surface area contributed by atoms with E-state index in [4.69, 9.17) is 14.6 Å².